The minimum atomic E-state index is 0.498. The molecule has 41 heavy (non-hydrogen) atoms. The zero-order chi connectivity index (χ0) is 27.2. The van der Waals surface area contributed by atoms with Gasteiger partial charge in [-0.2, -0.15) is 10.2 Å². The van der Waals surface area contributed by atoms with Gasteiger partial charge in [0.1, 0.15) is 0 Å². The van der Waals surface area contributed by atoms with Crippen molar-refractivity contribution in [3.63, 3.8) is 0 Å². The van der Waals surface area contributed by atoms with E-state index in [0.29, 0.717) is 11.8 Å². The third-order valence-electron chi connectivity index (χ3n) is 7.61. The van der Waals surface area contributed by atoms with Gasteiger partial charge in [0.15, 0.2) is 0 Å². The first kappa shape index (κ1) is 23.2. The highest BCUT2D eigenvalue weighted by Crippen LogP contribution is 2.45. The van der Waals surface area contributed by atoms with Gasteiger partial charge in [-0.25, -0.2) is 0 Å². The van der Waals surface area contributed by atoms with Crippen LogP contribution in [0.25, 0.3) is 77.6 Å². The molecule has 0 amide bonds. The van der Waals surface area contributed by atoms with Crippen molar-refractivity contribution >= 4 is 32.4 Å². The van der Waals surface area contributed by atoms with Gasteiger partial charge in [0.25, 0.3) is 0 Å². The lowest BCUT2D eigenvalue weighted by Crippen LogP contribution is -1.93. The zero-order valence-electron chi connectivity index (χ0n) is 21.9. The standard InChI is InChI=1S/C36H22N4O/c1-2-10-24(11-3-1)35-39-40-36(41-35)25-20-18-23(19-21-25)33-27-13-4-6-15-29(27)34(30-16-7-5-14-28(30)33)31-22-37-38-32-17-9-8-12-26(31)32/h1-22H. The lowest BCUT2D eigenvalue weighted by atomic mass is 9.85. The quantitative estimate of drug-likeness (QED) is 0.214. The summed E-state index contributed by atoms with van der Waals surface area (Å²) in [6.45, 7) is 0. The van der Waals surface area contributed by atoms with E-state index in [4.69, 9.17) is 4.42 Å². The van der Waals surface area contributed by atoms with Crippen LogP contribution >= 0.6 is 0 Å². The third kappa shape index (κ3) is 3.86. The van der Waals surface area contributed by atoms with Crippen molar-refractivity contribution in [3.8, 4) is 45.2 Å². The highest BCUT2D eigenvalue weighted by atomic mass is 16.4. The van der Waals surface area contributed by atoms with E-state index in [1.54, 1.807) is 0 Å². The summed E-state index contributed by atoms with van der Waals surface area (Å²) >= 11 is 0. The fraction of sp³-hybridized carbons (Fsp3) is 0. The normalized spacial score (nSPS) is 11.4. The molecule has 0 fully saturated rings. The van der Waals surface area contributed by atoms with E-state index in [1.165, 1.54) is 32.7 Å². The van der Waals surface area contributed by atoms with E-state index in [9.17, 15) is 0 Å². The zero-order valence-corrected chi connectivity index (χ0v) is 21.9. The molecule has 0 aliphatic heterocycles. The summed E-state index contributed by atoms with van der Waals surface area (Å²) < 4.78 is 6.01. The summed E-state index contributed by atoms with van der Waals surface area (Å²) in [5.41, 5.74) is 7.22. The Morgan fingerprint density at radius 2 is 0.878 bits per heavy atom. The first-order valence-corrected chi connectivity index (χ1v) is 13.5. The van der Waals surface area contributed by atoms with Crippen LogP contribution in [-0.4, -0.2) is 20.4 Å². The maximum Gasteiger partial charge on any atom is 0.248 e. The topological polar surface area (TPSA) is 64.7 Å². The number of aromatic nitrogens is 4. The first-order chi connectivity index (χ1) is 20.3. The van der Waals surface area contributed by atoms with Crippen LogP contribution in [-0.2, 0) is 0 Å². The second kappa shape index (κ2) is 9.50. The van der Waals surface area contributed by atoms with Crippen LogP contribution in [0, 0.1) is 0 Å². The average Bonchev–Trinajstić information content (AvgIpc) is 3.55. The van der Waals surface area contributed by atoms with Crippen LogP contribution in [0.4, 0.5) is 0 Å². The maximum absolute atomic E-state index is 6.01. The fourth-order valence-electron chi connectivity index (χ4n) is 5.75. The molecule has 0 bridgehead atoms. The molecular formula is C36H22N4O. The van der Waals surface area contributed by atoms with Crippen molar-refractivity contribution in [1.29, 1.82) is 0 Å². The molecule has 2 aromatic heterocycles. The Kier molecular flexibility index (Phi) is 5.38. The van der Waals surface area contributed by atoms with E-state index in [-0.39, 0.29) is 0 Å². The van der Waals surface area contributed by atoms with Crippen molar-refractivity contribution in [2.75, 3.05) is 0 Å². The molecule has 0 atom stereocenters. The molecule has 0 saturated carbocycles. The number of hydrogen-bond donors (Lipinski definition) is 0. The van der Waals surface area contributed by atoms with Crippen LogP contribution in [0.5, 0.6) is 0 Å². The van der Waals surface area contributed by atoms with Gasteiger partial charge in [0.05, 0.1) is 11.7 Å². The van der Waals surface area contributed by atoms with Gasteiger partial charge in [-0.1, -0.05) is 97.1 Å². The summed E-state index contributed by atoms with van der Waals surface area (Å²) in [5, 5.41) is 23.1. The number of fused-ring (bicyclic) bond motifs is 3. The van der Waals surface area contributed by atoms with Crippen LogP contribution in [0.15, 0.2) is 138 Å². The van der Waals surface area contributed by atoms with Crippen molar-refractivity contribution in [2.24, 2.45) is 0 Å². The van der Waals surface area contributed by atoms with Crippen LogP contribution in [0.2, 0.25) is 0 Å². The molecule has 0 spiro atoms. The predicted molar refractivity (Wildman–Crippen MR) is 164 cm³/mol. The Bertz CT molecular complexity index is 2140. The van der Waals surface area contributed by atoms with Gasteiger partial charge < -0.3 is 4.42 Å². The summed E-state index contributed by atoms with van der Waals surface area (Å²) in [7, 11) is 0. The lowest BCUT2D eigenvalue weighted by molar-refractivity contribution is 0.584. The summed E-state index contributed by atoms with van der Waals surface area (Å²) in [6, 6.07) is 43.6. The number of benzene rings is 6. The molecular weight excluding hydrogens is 504 g/mol. The fourth-order valence-corrected chi connectivity index (χ4v) is 5.75. The minimum absolute atomic E-state index is 0.498. The average molecular weight is 527 g/mol. The highest BCUT2D eigenvalue weighted by molar-refractivity contribution is 6.23. The maximum atomic E-state index is 6.01. The predicted octanol–water partition coefficient (Wildman–Crippen LogP) is 8.99. The van der Waals surface area contributed by atoms with Gasteiger partial charge in [-0.15, -0.1) is 10.2 Å². The molecule has 8 rings (SSSR count). The van der Waals surface area contributed by atoms with Crippen molar-refractivity contribution in [1.82, 2.24) is 20.4 Å². The van der Waals surface area contributed by atoms with E-state index in [2.05, 4.69) is 105 Å². The molecule has 0 aliphatic rings. The van der Waals surface area contributed by atoms with Gasteiger partial charge in [-0.3, -0.25) is 0 Å². The summed E-state index contributed by atoms with van der Waals surface area (Å²) in [4.78, 5) is 0. The second-order valence-corrected chi connectivity index (χ2v) is 9.97. The van der Waals surface area contributed by atoms with Crippen molar-refractivity contribution in [3.05, 3.63) is 134 Å². The largest absolute Gasteiger partial charge is 0.416 e. The van der Waals surface area contributed by atoms with Crippen molar-refractivity contribution < 1.29 is 4.42 Å². The van der Waals surface area contributed by atoms with Gasteiger partial charge in [-0.05, 0) is 68.6 Å². The van der Waals surface area contributed by atoms with Crippen molar-refractivity contribution in [2.45, 2.75) is 0 Å². The third-order valence-corrected chi connectivity index (χ3v) is 7.61. The Labute approximate surface area is 235 Å². The Hall–Kier alpha value is -5.68. The molecule has 8 aromatic rings. The molecule has 0 radical (unpaired) electrons. The lowest BCUT2D eigenvalue weighted by Gasteiger charge is -2.18. The Balaban J connectivity index is 1.31. The van der Waals surface area contributed by atoms with Crippen LogP contribution in [0.1, 0.15) is 0 Å². The Morgan fingerprint density at radius 3 is 1.51 bits per heavy atom. The van der Waals surface area contributed by atoms with E-state index >= 15 is 0 Å². The molecule has 0 saturated heterocycles. The number of rotatable bonds is 4. The van der Waals surface area contributed by atoms with E-state index in [1.807, 2.05) is 48.7 Å². The molecule has 5 nitrogen and oxygen atoms in total. The molecule has 6 aromatic carbocycles. The molecule has 0 unspecified atom stereocenters. The van der Waals surface area contributed by atoms with E-state index in [0.717, 1.165) is 33.2 Å². The Morgan fingerprint density at radius 1 is 0.390 bits per heavy atom. The first-order valence-electron chi connectivity index (χ1n) is 13.5. The van der Waals surface area contributed by atoms with Crippen LogP contribution in [0.3, 0.4) is 0 Å². The van der Waals surface area contributed by atoms with Gasteiger partial charge in [0.2, 0.25) is 11.8 Å². The second-order valence-electron chi connectivity index (χ2n) is 9.97. The van der Waals surface area contributed by atoms with Gasteiger partial charge in [0, 0.05) is 22.1 Å². The molecule has 2 heterocycles. The van der Waals surface area contributed by atoms with E-state index < -0.39 is 0 Å². The molecule has 0 aliphatic carbocycles. The molecule has 5 heteroatoms. The molecule has 192 valence electrons. The monoisotopic (exact) mass is 526 g/mol. The van der Waals surface area contributed by atoms with Gasteiger partial charge >= 0.3 is 0 Å². The summed E-state index contributed by atoms with van der Waals surface area (Å²) in [5.74, 6) is 1.01. The van der Waals surface area contributed by atoms with Crippen LogP contribution < -0.4 is 0 Å². The number of nitrogens with zero attached hydrogens (tertiary/aromatic N) is 4. The molecule has 0 N–H and O–H groups in total. The number of hydrogen-bond acceptors (Lipinski definition) is 5. The smallest absolute Gasteiger partial charge is 0.248 e. The SMILES string of the molecule is c1ccc(-c2nnc(-c3ccc(-c4c5ccccc5c(-c5cnnc6ccccc56)c5ccccc45)cc3)o2)cc1. The summed E-state index contributed by atoms with van der Waals surface area (Å²) in [6.07, 6.45) is 1.89. The minimum Gasteiger partial charge on any atom is -0.416 e. The highest BCUT2D eigenvalue weighted by Gasteiger charge is 2.19.